The van der Waals surface area contributed by atoms with Crippen LogP contribution < -0.4 is 4.06 Å². The van der Waals surface area contributed by atoms with Gasteiger partial charge < -0.3 is 0 Å². The first-order chi connectivity index (χ1) is 4.50. The van der Waals surface area contributed by atoms with Gasteiger partial charge >= 0.3 is 77.7 Å². The van der Waals surface area contributed by atoms with Gasteiger partial charge in [0, 0.05) is 0 Å². The van der Waals surface area contributed by atoms with Crippen LogP contribution in [0.15, 0.2) is 15.5 Å². The summed E-state index contributed by atoms with van der Waals surface area (Å²) in [5.74, 6) is 0. The van der Waals surface area contributed by atoms with Gasteiger partial charge in [0.15, 0.2) is 0 Å². The molecule has 1 aromatic heterocycles. The Morgan fingerprint density at radius 3 is 2.10 bits per heavy atom. The summed E-state index contributed by atoms with van der Waals surface area (Å²) in [5.41, 5.74) is 0. The SMILES string of the molecule is C[Si](C)(C)c1ccc(Br)[se]1. The zero-order valence-electron chi connectivity index (χ0n) is 6.44. The maximum atomic E-state index is 3.53. The summed E-state index contributed by atoms with van der Waals surface area (Å²) in [4.78, 5) is 0. The van der Waals surface area contributed by atoms with Gasteiger partial charge in [0.05, 0.1) is 0 Å². The molecule has 0 atom stereocenters. The van der Waals surface area contributed by atoms with Gasteiger partial charge in [-0.05, 0) is 0 Å². The van der Waals surface area contributed by atoms with Crippen molar-refractivity contribution in [3.63, 3.8) is 0 Å². The fourth-order valence-electron chi connectivity index (χ4n) is 0.717. The van der Waals surface area contributed by atoms with Crippen LogP contribution in [0.4, 0.5) is 0 Å². The van der Waals surface area contributed by atoms with Crippen LogP contribution in [0.2, 0.25) is 19.6 Å². The Hall–Kier alpha value is 0.696. The summed E-state index contributed by atoms with van der Waals surface area (Å²) in [7, 11) is -0.959. The minimum absolute atomic E-state index is 0.629. The van der Waals surface area contributed by atoms with Crippen molar-refractivity contribution in [2.24, 2.45) is 0 Å². The fraction of sp³-hybridized carbons (Fsp3) is 0.429. The molecule has 10 heavy (non-hydrogen) atoms. The molecule has 0 spiro atoms. The molecule has 0 nitrogen and oxygen atoms in total. The molecule has 0 aliphatic rings. The molecule has 1 rings (SSSR count). The van der Waals surface area contributed by atoms with Crippen LogP contribution in [-0.2, 0) is 0 Å². The maximum absolute atomic E-state index is 3.53. The van der Waals surface area contributed by atoms with Crippen LogP contribution in [0.5, 0.6) is 0 Å². The molecular formula is C7H11BrSeSi. The van der Waals surface area contributed by atoms with E-state index in [-0.39, 0.29) is 0 Å². The Morgan fingerprint density at radius 2 is 1.90 bits per heavy atom. The Morgan fingerprint density at radius 1 is 1.30 bits per heavy atom. The minimum atomic E-state index is -0.959. The van der Waals surface area contributed by atoms with E-state index in [0.29, 0.717) is 14.5 Å². The Balaban J connectivity index is 2.96. The van der Waals surface area contributed by atoms with Crippen LogP contribution >= 0.6 is 15.9 Å². The van der Waals surface area contributed by atoms with Crippen molar-refractivity contribution in [3.05, 3.63) is 15.5 Å². The van der Waals surface area contributed by atoms with Crippen molar-refractivity contribution in [2.75, 3.05) is 0 Å². The Bertz CT molecular complexity index is 224. The van der Waals surface area contributed by atoms with Gasteiger partial charge in [-0.2, -0.15) is 0 Å². The molecule has 1 heterocycles. The predicted molar refractivity (Wildman–Crippen MR) is 54.1 cm³/mol. The van der Waals surface area contributed by atoms with Crippen LogP contribution in [0.1, 0.15) is 0 Å². The monoisotopic (exact) mass is 282 g/mol. The van der Waals surface area contributed by atoms with Crippen LogP contribution in [0, 0.1) is 0 Å². The first-order valence-electron chi connectivity index (χ1n) is 3.26. The van der Waals surface area contributed by atoms with Gasteiger partial charge in [-0.3, -0.25) is 0 Å². The van der Waals surface area contributed by atoms with Crippen LogP contribution in [-0.4, -0.2) is 22.6 Å². The summed E-state index contributed by atoms with van der Waals surface area (Å²) < 4.78 is 3.12. The Kier molecular flexibility index (Phi) is 2.62. The van der Waals surface area contributed by atoms with Crippen LogP contribution in [0.3, 0.4) is 0 Å². The normalized spacial score (nSPS) is 12.0. The van der Waals surface area contributed by atoms with Gasteiger partial charge in [-0.25, -0.2) is 0 Å². The average molecular weight is 282 g/mol. The van der Waals surface area contributed by atoms with Crippen LogP contribution in [0.25, 0.3) is 0 Å². The number of hydrogen-bond donors (Lipinski definition) is 0. The van der Waals surface area contributed by atoms with E-state index >= 15 is 0 Å². The first kappa shape index (κ1) is 8.79. The van der Waals surface area contributed by atoms with Gasteiger partial charge in [0.1, 0.15) is 0 Å². The molecule has 56 valence electrons. The molecule has 0 bridgehead atoms. The summed E-state index contributed by atoms with van der Waals surface area (Å²) in [6, 6.07) is 4.50. The summed E-state index contributed by atoms with van der Waals surface area (Å²) in [6.45, 7) is 7.21. The third-order valence-electron chi connectivity index (χ3n) is 1.31. The summed E-state index contributed by atoms with van der Waals surface area (Å²) in [5, 5.41) is 0. The standard InChI is InChI=1S/C7H11BrSeSi/c1-10(2,3)7-5-4-6(8)9-7/h4-5H,1-3H3. The fourth-order valence-corrected chi connectivity index (χ4v) is 6.93. The molecular weight excluding hydrogens is 271 g/mol. The van der Waals surface area contributed by atoms with Gasteiger partial charge in [0.25, 0.3) is 0 Å². The zero-order chi connectivity index (χ0) is 7.78. The third-order valence-corrected chi connectivity index (χ3v) is 9.89. The summed E-state index contributed by atoms with van der Waals surface area (Å²) >= 11 is 4.16. The zero-order valence-corrected chi connectivity index (χ0v) is 10.7. The van der Waals surface area contributed by atoms with Gasteiger partial charge in [-0.1, -0.05) is 0 Å². The van der Waals surface area contributed by atoms with Gasteiger partial charge in [0.2, 0.25) is 0 Å². The van der Waals surface area contributed by atoms with Crippen molar-refractivity contribution in [3.8, 4) is 0 Å². The summed E-state index contributed by atoms with van der Waals surface area (Å²) in [6.07, 6.45) is 0. The average Bonchev–Trinajstić information content (AvgIpc) is 2.11. The van der Waals surface area contributed by atoms with E-state index in [0.717, 1.165) is 0 Å². The van der Waals surface area contributed by atoms with E-state index in [1.54, 1.807) is 4.06 Å². The number of halogens is 1. The quantitative estimate of drug-likeness (QED) is 0.692. The van der Waals surface area contributed by atoms with E-state index in [4.69, 9.17) is 0 Å². The molecule has 0 saturated carbocycles. The second-order valence-corrected chi connectivity index (χ2v) is 13.5. The van der Waals surface area contributed by atoms with E-state index in [2.05, 4.69) is 47.7 Å². The predicted octanol–water partition coefficient (Wildman–Crippen LogP) is 2.05. The molecule has 0 unspecified atom stereocenters. The third kappa shape index (κ3) is 2.09. The topological polar surface area (TPSA) is 0 Å². The molecule has 3 heteroatoms. The van der Waals surface area contributed by atoms with E-state index in [9.17, 15) is 0 Å². The van der Waals surface area contributed by atoms with Crippen molar-refractivity contribution in [1.29, 1.82) is 0 Å². The number of hydrogen-bond acceptors (Lipinski definition) is 0. The Labute approximate surface area is 77.5 Å². The first-order valence-corrected chi connectivity index (χ1v) is 9.26. The molecule has 0 fully saturated rings. The molecule has 0 radical (unpaired) electrons. The van der Waals surface area contributed by atoms with Gasteiger partial charge in [-0.15, -0.1) is 0 Å². The molecule has 0 aliphatic heterocycles. The number of rotatable bonds is 1. The van der Waals surface area contributed by atoms with Crippen molar-refractivity contribution in [2.45, 2.75) is 19.6 Å². The molecule has 0 amide bonds. The molecule has 0 aliphatic carbocycles. The second-order valence-electron chi connectivity index (χ2n) is 3.35. The second kappa shape index (κ2) is 2.98. The van der Waals surface area contributed by atoms with E-state index in [1.807, 2.05) is 0 Å². The molecule has 0 aromatic carbocycles. The molecule has 0 saturated heterocycles. The molecule has 0 N–H and O–H groups in total. The van der Waals surface area contributed by atoms with E-state index in [1.165, 1.54) is 3.35 Å². The van der Waals surface area contributed by atoms with Crippen molar-refractivity contribution in [1.82, 2.24) is 0 Å². The van der Waals surface area contributed by atoms with Crippen molar-refractivity contribution < 1.29 is 0 Å². The molecule has 1 aromatic rings. The van der Waals surface area contributed by atoms with E-state index < -0.39 is 8.07 Å². The van der Waals surface area contributed by atoms with Crippen molar-refractivity contribution >= 4 is 42.6 Å².